The smallest absolute Gasteiger partial charge is 0.254 e. The van der Waals surface area contributed by atoms with E-state index in [0.717, 1.165) is 25.1 Å². The van der Waals surface area contributed by atoms with Crippen LogP contribution in [-0.2, 0) is 11.2 Å². The van der Waals surface area contributed by atoms with Gasteiger partial charge in [-0.1, -0.05) is 67.3 Å². The molecule has 0 radical (unpaired) electrons. The number of amides is 2. The van der Waals surface area contributed by atoms with Crippen molar-refractivity contribution in [1.82, 2.24) is 15.1 Å². The van der Waals surface area contributed by atoms with Gasteiger partial charge in [-0.25, -0.2) is 0 Å². The fourth-order valence-corrected chi connectivity index (χ4v) is 5.77. The van der Waals surface area contributed by atoms with Gasteiger partial charge in [0.2, 0.25) is 5.91 Å². The van der Waals surface area contributed by atoms with Crippen molar-refractivity contribution in [3.8, 4) is 0 Å². The normalized spacial score (nSPS) is 20.6. The van der Waals surface area contributed by atoms with Gasteiger partial charge < -0.3 is 16.0 Å². The highest BCUT2D eigenvalue weighted by molar-refractivity contribution is 5.98. The SMILES string of the molecule is Cc1ccc(C(=O)N2CC(N(CCc3ccccc3)CC3CCCCC3)CC2C(=O)NCCN)cc1. The van der Waals surface area contributed by atoms with Gasteiger partial charge in [0, 0.05) is 44.3 Å². The fraction of sp³-hybridized carbons (Fsp3) is 0.533. The molecule has 194 valence electrons. The molecule has 0 aromatic heterocycles. The molecule has 1 aliphatic heterocycles. The van der Waals surface area contributed by atoms with E-state index in [0.29, 0.717) is 37.5 Å². The summed E-state index contributed by atoms with van der Waals surface area (Å²) in [6, 6.07) is 18.0. The number of hydrogen-bond donors (Lipinski definition) is 2. The van der Waals surface area contributed by atoms with E-state index >= 15 is 0 Å². The van der Waals surface area contributed by atoms with E-state index in [-0.39, 0.29) is 17.9 Å². The number of aryl methyl sites for hydroxylation is 1. The number of rotatable bonds is 10. The van der Waals surface area contributed by atoms with Crippen molar-refractivity contribution in [3.05, 3.63) is 71.3 Å². The zero-order chi connectivity index (χ0) is 25.3. The molecule has 1 saturated carbocycles. The summed E-state index contributed by atoms with van der Waals surface area (Å²) in [5.41, 5.74) is 8.73. The Morgan fingerprint density at radius 2 is 1.75 bits per heavy atom. The summed E-state index contributed by atoms with van der Waals surface area (Å²) in [7, 11) is 0. The van der Waals surface area contributed by atoms with Gasteiger partial charge in [-0.15, -0.1) is 0 Å². The molecule has 2 fully saturated rings. The summed E-state index contributed by atoms with van der Waals surface area (Å²) in [5.74, 6) is 0.538. The quantitative estimate of drug-likeness (QED) is 0.531. The summed E-state index contributed by atoms with van der Waals surface area (Å²) in [5, 5.41) is 2.94. The zero-order valence-electron chi connectivity index (χ0n) is 21.7. The van der Waals surface area contributed by atoms with Crippen LogP contribution in [0.2, 0.25) is 0 Å². The second-order valence-corrected chi connectivity index (χ2v) is 10.5. The molecule has 0 bridgehead atoms. The van der Waals surface area contributed by atoms with E-state index in [2.05, 4.69) is 40.5 Å². The number of hydrogen-bond acceptors (Lipinski definition) is 4. The number of carbonyl (C=O) groups is 2. The van der Waals surface area contributed by atoms with Gasteiger partial charge in [-0.3, -0.25) is 14.5 Å². The van der Waals surface area contributed by atoms with Crippen molar-refractivity contribution < 1.29 is 9.59 Å². The molecule has 2 aromatic rings. The van der Waals surface area contributed by atoms with Crippen molar-refractivity contribution in [2.45, 2.75) is 64.0 Å². The minimum Gasteiger partial charge on any atom is -0.353 e. The maximum absolute atomic E-state index is 13.6. The second-order valence-electron chi connectivity index (χ2n) is 10.5. The highest BCUT2D eigenvalue weighted by atomic mass is 16.2. The van der Waals surface area contributed by atoms with Crippen LogP contribution >= 0.6 is 0 Å². The van der Waals surface area contributed by atoms with E-state index in [9.17, 15) is 9.59 Å². The van der Waals surface area contributed by atoms with Crippen LogP contribution in [0.1, 0.15) is 60.0 Å². The lowest BCUT2D eigenvalue weighted by Gasteiger charge is -2.34. The van der Waals surface area contributed by atoms with E-state index in [1.807, 2.05) is 31.2 Å². The summed E-state index contributed by atoms with van der Waals surface area (Å²) >= 11 is 0. The third-order valence-electron chi connectivity index (χ3n) is 7.85. The number of nitrogens with one attached hydrogen (secondary N) is 1. The zero-order valence-corrected chi connectivity index (χ0v) is 21.7. The van der Waals surface area contributed by atoms with Crippen molar-refractivity contribution in [3.63, 3.8) is 0 Å². The molecular formula is C30H42N4O2. The standard InChI is InChI=1S/C30H42N4O2/c1-23-12-14-26(15-13-23)30(36)34-22-27(20-28(34)29(35)32-18-17-31)33(21-25-10-6-3-7-11-25)19-16-24-8-4-2-5-9-24/h2,4-5,8-9,12-15,25,27-28H,3,6-7,10-11,16-22,31H2,1H3,(H,32,35). The molecule has 0 spiro atoms. The Morgan fingerprint density at radius 3 is 2.44 bits per heavy atom. The first-order chi connectivity index (χ1) is 17.5. The van der Waals surface area contributed by atoms with Gasteiger partial charge in [0.25, 0.3) is 5.91 Å². The molecule has 2 amide bonds. The molecule has 4 rings (SSSR count). The number of benzene rings is 2. The molecule has 2 atom stereocenters. The molecule has 2 aliphatic rings. The Morgan fingerprint density at radius 1 is 1.03 bits per heavy atom. The third-order valence-corrected chi connectivity index (χ3v) is 7.85. The summed E-state index contributed by atoms with van der Waals surface area (Å²) in [6.45, 7) is 5.38. The van der Waals surface area contributed by atoms with Gasteiger partial charge in [0.1, 0.15) is 6.04 Å². The first-order valence-corrected chi connectivity index (χ1v) is 13.7. The summed E-state index contributed by atoms with van der Waals surface area (Å²) in [4.78, 5) is 31.1. The van der Waals surface area contributed by atoms with E-state index in [4.69, 9.17) is 5.73 Å². The van der Waals surface area contributed by atoms with Crippen LogP contribution in [0.5, 0.6) is 0 Å². The first kappa shape index (κ1) is 26.4. The Bertz CT molecular complexity index is 972. The largest absolute Gasteiger partial charge is 0.353 e. The average molecular weight is 491 g/mol. The van der Waals surface area contributed by atoms with Crippen molar-refractivity contribution in [2.75, 3.05) is 32.7 Å². The maximum atomic E-state index is 13.6. The highest BCUT2D eigenvalue weighted by Gasteiger charge is 2.42. The van der Waals surface area contributed by atoms with Gasteiger partial charge in [0.15, 0.2) is 0 Å². The molecular weight excluding hydrogens is 448 g/mol. The number of nitrogens with two attached hydrogens (primary N) is 1. The summed E-state index contributed by atoms with van der Waals surface area (Å²) in [6.07, 6.45) is 8.15. The van der Waals surface area contributed by atoms with Crippen LogP contribution in [0.4, 0.5) is 0 Å². The predicted molar refractivity (Wildman–Crippen MR) is 145 cm³/mol. The topological polar surface area (TPSA) is 78.7 Å². The van der Waals surface area contributed by atoms with Crippen LogP contribution in [0.25, 0.3) is 0 Å². The Labute approximate surface area is 216 Å². The first-order valence-electron chi connectivity index (χ1n) is 13.7. The van der Waals surface area contributed by atoms with Gasteiger partial charge in [-0.05, 0) is 56.2 Å². The second kappa shape index (κ2) is 13.0. The minimum absolute atomic E-state index is 0.0638. The lowest BCUT2D eigenvalue weighted by Crippen LogP contribution is -2.47. The monoisotopic (exact) mass is 490 g/mol. The third kappa shape index (κ3) is 6.95. The Hall–Kier alpha value is -2.70. The van der Waals surface area contributed by atoms with Crippen LogP contribution in [-0.4, -0.2) is 66.4 Å². The number of nitrogens with zero attached hydrogens (tertiary/aromatic N) is 2. The molecule has 2 aromatic carbocycles. The predicted octanol–water partition coefficient (Wildman–Crippen LogP) is 3.78. The van der Waals surface area contributed by atoms with Crippen LogP contribution in [0.3, 0.4) is 0 Å². The van der Waals surface area contributed by atoms with E-state index < -0.39 is 6.04 Å². The molecule has 2 unspecified atom stereocenters. The van der Waals surface area contributed by atoms with Crippen LogP contribution < -0.4 is 11.1 Å². The van der Waals surface area contributed by atoms with E-state index in [1.165, 1.54) is 37.7 Å². The minimum atomic E-state index is -0.471. The van der Waals surface area contributed by atoms with Gasteiger partial charge in [0.05, 0.1) is 0 Å². The highest BCUT2D eigenvalue weighted by Crippen LogP contribution is 2.29. The molecule has 1 heterocycles. The fourth-order valence-electron chi connectivity index (χ4n) is 5.77. The molecule has 1 saturated heterocycles. The number of likely N-dealkylation sites (tertiary alicyclic amines) is 1. The lowest BCUT2D eigenvalue weighted by atomic mass is 9.88. The van der Waals surface area contributed by atoms with Gasteiger partial charge in [-0.2, -0.15) is 0 Å². The van der Waals surface area contributed by atoms with Crippen molar-refractivity contribution >= 4 is 11.8 Å². The molecule has 6 heteroatoms. The van der Waals surface area contributed by atoms with Crippen molar-refractivity contribution in [2.24, 2.45) is 11.7 Å². The molecule has 6 nitrogen and oxygen atoms in total. The molecule has 3 N–H and O–H groups in total. The van der Waals surface area contributed by atoms with Crippen LogP contribution in [0, 0.1) is 12.8 Å². The molecule has 1 aliphatic carbocycles. The lowest BCUT2D eigenvalue weighted by molar-refractivity contribution is -0.124. The average Bonchev–Trinajstić information content (AvgIpc) is 3.36. The molecule has 36 heavy (non-hydrogen) atoms. The summed E-state index contributed by atoms with van der Waals surface area (Å²) < 4.78 is 0. The maximum Gasteiger partial charge on any atom is 0.254 e. The Balaban J connectivity index is 1.54. The number of carbonyl (C=O) groups excluding carboxylic acids is 2. The van der Waals surface area contributed by atoms with Crippen LogP contribution in [0.15, 0.2) is 54.6 Å². The van der Waals surface area contributed by atoms with Crippen molar-refractivity contribution in [1.29, 1.82) is 0 Å². The van der Waals surface area contributed by atoms with Gasteiger partial charge >= 0.3 is 0 Å². The Kier molecular flexibility index (Phi) is 9.54. The van der Waals surface area contributed by atoms with E-state index in [1.54, 1.807) is 4.90 Å².